The van der Waals surface area contributed by atoms with Crippen LogP contribution in [-0.4, -0.2) is 75.0 Å². The summed E-state index contributed by atoms with van der Waals surface area (Å²) in [5.74, 6) is -0.806. The van der Waals surface area contributed by atoms with Crippen molar-refractivity contribution in [2.24, 2.45) is 10.1 Å². The Bertz CT molecular complexity index is 2460. The van der Waals surface area contributed by atoms with Crippen LogP contribution in [0.15, 0.2) is 93.6 Å². The van der Waals surface area contributed by atoms with Gasteiger partial charge in [-0.3, -0.25) is 29.6 Å². The van der Waals surface area contributed by atoms with Crippen LogP contribution in [0, 0.1) is 5.82 Å². The van der Waals surface area contributed by atoms with E-state index in [2.05, 4.69) is 96.3 Å². The van der Waals surface area contributed by atoms with Gasteiger partial charge < -0.3 is 15.2 Å². The van der Waals surface area contributed by atoms with Crippen molar-refractivity contribution in [3.05, 3.63) is 124 Å². The molecule has 3 aliphatic rings. The van der Waals surface area contributed by atoms with E-state index < -0.39 is 23.2 Å². The van der Waals surface area contributed by atoms with Crippen LogP contribution in [0.25, 0.3) is 11.1 Å². The van der Waals surface area contributed by atoms with Gasteiger partial charge in [-0.25, -0.2) is 9.07 Å². The number of imide groups is 1. The highest BCUT2D eigenvalue weighted by Gasteiger charge is 2.51. The first-order valence-corrected chi connectivity index (χ1v) is 20.4. The van der Waals surface area contributed by atoms with Crippen molar-refractivity contribution in [1.29, 1.82) is 0 Å². The van der Waals surface area contributed by atoms with Crippen molar-refractivity contribution in [1.82, 2.24) is 30.4 Å². The van der Waals surface area contributed by atoms with E-state index in [1.54, 1.807) is 23.9 Å². The molecule has 2 atom stereocenters. The molecule has 3 fully saturated rings. The zero-order chi connectivity index (χ0) is 42.2. The lowest BCUT2D eigenvalue weighted by molar-refractivity contribution is -0.133. The monoisotopic (exact) mass is 811 g/mol. The Hall–Kier alpha value is -6.28. The summed E-state index contributed by atoms with van der Waals surface area (Å²) < 4.78 is 22.3. The lowest BCUT2D eigenvalue weighted by Gasteiger charge is -2.40. The van der Waals surface area contributed by atoms with Crippen LogP contribution in [0.4, 0.5) is 10.1 Å². The standard InChI is InChI=1S/C46H50FN9O4/c1-45(2,3)44-53-41(54-60-44)43(59)50-25-33-11-10-31(22-36(33)47)40(48-4)38-23-34(27-56(38)49-5)30-8-6-28(7-9-30)26-55-21-18-32(24-46(55)19-20-46)29-12-14-35(15-13-29)51-37-16-17-39(57)52-42(37)58/h6-15,22-23,27,32,37,51H,5,16-21,24-26H2,1-4H3,(H,50,59)(H,52,57,58). The summed E-state index contributed by atoms with van der Waals surface area (Å²) in [5.41, 5.74) is 7.29. The van der Waals surface area contributed by atoms with Crippen molar-refractivity contribution < 1.29 is 23.3 Å². The third-order valence-corrected chi connectivity index (χ3v) is 12.0. The van der Waals surface area contributed by atoms with Gasteiger partial charge in [-0.15, -0.1) is 0 Å². The molecular formula is C46H50FN9O4. The number of likely N-dealkylation sites (tertiary alicyclic amines) is 1. The maximum absolute atomic E-state index is 15.5. The van der Waals surface area contributed by atoms with Crippen molar-refractivity contribution in [2.45, 2.75) is 95.3 Å². The zero-order valence-corrected chi connectivity index (χ0v) is 34.4. The SMILES string of the molecule is C=Nn1cc(-c2ccc(CN3CCC(c4ccc(NC5CCC(=O)NC5=O)cc4)CC34CC4)cc2)cc1C(=NC)c1ccc(CNC(=O)c2noc(C(C)(C)C)n2)c(F)c1. The summed E-state index contributed by atoms with van der Waals surface area (Å²) in [6, 6.07) is 23.5. The van der Waals surface area contributed by atoms with Crippen molar-refractivity contribution >= 4 is 35.8 Å². The summed E-state index contributed by atoms with van der Waals surface area (Å²) in [6.45, 7) is 11.3. The zero-order valence-electron chi connectivity index (χ0n) is 34.4. The quantitative estimate of drug-likeness (QED) is 0.0901. The number of benzene rings is 3. The van der Waals surface area contributed by atoms with Crippen LogP contribution >= 0.6 is 0 Å². The summed E-state index contributed by atoms with van der Waals surface area (Å²) in [6.07, 6.45) is 7.35. The third-order valence-electron chi connectivity index (χ3n) is 12.0. The van der Waals surface area contributed by atoms with E-state index in [1.807, 2.05) is 33.0 Å². The number of nitrogens with one attached hydrogen (secondary N) is 3. The molecule has 1 saturated carbocycles. The summed E-state index contributed by atoms with van der Waals surface area (Å²) >= 11 is 0. The molecule has 0 radical (unpaired) electrons. The summed E-state index contributed by atoms with van der Waals surface area (Å²) in [5, 5.41) is 16.3. The van der Waals surface area contributed by atoms with Gasteiger partial charge in [0.25, 0.3) is 11.7 Å². The van der Waals surface area contributed by atoms with Gasteiger partial charge in [0.05, 0.1) is 11.4 Å². The summed E-state index contributed by atoms with van der Waals surface area (Å²) in [4.78, 5) is 47.7. The number of amides is 3. The minimum absolute atomic E-state index is 0.0591. The van der Waals surface area contributed by atoms with Crippen LogP contribution < -0.4 is 16.0 Å². The average molecular weight is 812 g/mol. The van der Waals surface area contributed by atoms with Gasteiger partial charge in [0, 0.05) is 72.8 Å². The molecular weight excluding hydrogens is 762 g/mol. The van der Waals surface area contributed by atoms with Gasteiger partial charge in [0.15, 0.2) is 0 Å². The number of piperidine rings is 2. The Balaban J connectivity index is 0.883. The maximum atomic E-state index is 15.5. The third kappa shape index (κ3) is 8.55. The minimum atomic E-state index is -0.556. The number of hydrogen-bond donors (Lipinski definition) is 3. The van der Waals surface area contributed by atoms with E-state index in [0.29, 0.717) is 47.2 Å². The molecule has 2 unspecified atom stereocenters. The number of rotatable bonds is 12. The van der Waals surface area contributed by atoms with Crippen LogP contribution in [0.2, 0.25) is 0 Å². The Morgan fingerprint density at radius 1 is 1.03 bits per heavy atom. The molecule has 2 aromatic heterocycles. The predicted molar refractivity (Wildman–Crippen MR) is 228 cm³/mol. The van der Waals surface area contributed by atoms with Gasteiger partial charge in [0.2, 0.25) is 17.7 Å². The number of carbonyl (C=O) groups is 3. The van der Waals surface area contributed by atoms with Gasteiger partial charge in [-0.2, -0.15) is 10.1 Å². The van der Waals surface area contributed by atoms with E-state index >= 15 is 4.39 Å². The van der Waals surface area contributed by atoms with E-state index in [4.69, 9.17) is 4.52 Å². The van der Waals surface area contributed by atoms with Crippen LogP contribution in [-0.2, 0) is 28.1 Å². The van der Waals surface area contributed by atoms with E-state index in [0.717, 1.165) is 42.7 Å². The van der Waals surface area contributed by atoms with Crippen molar-refractivity contribution in [3.63, 3.8) is 0 Å². The fourth-order valence-corrected chi connectivity index (χ4v) is 8.35. The number of carbonyl (C=O) groups excluding carboxylic acids is 3. The number of nitrogens with zero attached hydrogens (tertiary/aromatic N) is 6. The van der Waals surface area contributed by atoms with Crippen LogP contribution in [0.5, 0.6) is 0 Å². The second kappa shape index (κ2) is 16.4. The molecule has 8 rings (SSSR count). The van der Waals surface area contributed by atoms with Gasteiger partial charge in [-0.1, -0.05) is 74.5 Å². The molecule has 2 aliphatic heterocycles. The first-order chi connectivity index (χ1) is 28.8. The van der Waals surface area contributed by atoms with E-state index in [1.165, 1.54) is 30.0 Å². The molecule has 60 heavy (non-hydrogen) atoms. The Labute approximate surface area is 348 Å². The largest absolute Gasteiger partial charge is 0.374 e. The Morgan fingerprint density at radius 2 is 1.80 bits per heavy atom. The number of aliphatic imine (C=N–C) groups is 1. The normalized spacial score (nSPS) is 19.2. The average Bonchev–Trinajstić information content (AvgIpc) is 3.59. The van der Waals surface area contributed by atoms with E-state index in [-0.39, 0.29) is 29.7 Å². The smallest absolute Gasteiger partial charge is 0.292 e. The van der Waals surface area contributed by atoms with Crippen LogP contribution in [0.1, 0.15) is 110 Å². The highest BCUT2D eigenvalue weighted by molar-refractivity contribution is 6.12. The maximum Gasteiger partial charge on any atom is 0.292 e. The molecule has 14 heteroatoms. The topological polar surface area (TPSA) is 159 Å². The minimum Gasteiger partial charge on any atom is -0.374 e. The predicted octanol–water partition coefficient (Wildman–Crippen LogP) is 6.96. The molecule has 2 saturated heterocycles. The Kier molecular flexibility index (Phi) is 11.1. The second-order valence-electron chi connectivity index (χ2n) is 17.1. The molecule has 13 nitrogen and oxygen atoms in total. The highest BCUT2D eigenvalue weighted by atomic mass is 19.1. The van der Waals surface area contributed by atoms with Crippen LogP contribution in [0.3, 0.4) is 0 Å². The van der Waals surface area contributed by atoms with Gasteiger partial charge in [-0.05, 0) is 85.5 Å². The fraction of sp³-hybridized carbons (Fsp3) is 0.370. The lowest BCUT2D eigenvalue weighted by atomic mass is 9.83. The molecule has 1 aliphatic carbocycles. The molecule has 4 heterocycles. The Morgan fingerprint density at radius 3 is 2.45 bits per heavy atom. The lowest BCUT2D eigenvalue weighted by Crippen LogP contribution is -2.47. The van der Waals surface area contributed by atoms with Crippen molar-refractivity contribution in [3.8, 4) is 11.1 Å². The molecule has 3 amide bonds. The first-order valence-electron chi connectivity index (χ1n) is 20.4. The molecule has 3 aromatic carbocycles. The molecule has 3 N–H and O–H groups in total. The molecule has 5 aromatic rings. The number of hydrogen-bond acceptors (Lipinski definition) is 10. The molecule has 0 bridgehead atoms. The fourth-order valence-electron chi connectivity index (χ4n) is 8.35. The number of anilines is 1. The highest BCUT2D eigenvalue weighted by Crippen LogP contribution is 2.53. The molecule has 310 valence electrons. The van der Waals surface area contributed by atoms with Crippen molar-refractivity contribution in [2.75, 3.05) is 18.9 Å². The molecule has 1 spiro atoms. The number of halogens is 1. The van der Waals surface area contributed by atoms with Gasteiger partial charge >= 0.3 is 0 Å². The second-order valence-corrected chi connectivity index (χ2v) is 17.1. The number of aromatic nitrogens is 3. The van der Waals surface area contributed by atoms with E-state index in [9.17, 15) is 14.4 Å². The van der Waals surface area contributed by atoms with Gasteiger partial charge in [0.1, 0.15) is 11.9 Å². The first kappa shape index (κ1) is 40.5. The summed E-state index contributed by atoms with van der Waals surface area (Å²) in [7, 11) is 1.65.